The number of imidazole rings is 1. The van der Waals surface area contributed by atoms with Crippen LogP contribution in [0, 0.1) is 0 Å². The molecule has 0 saturated heterocycles. The standard InChI is InChI=1S/C23H25ClN4O/c1-16(2)28-15-25-20-11-12-27(14-17-7-4-3-5-8-17)22(21(20)28)23(29)26-19-10-6-9-18(24)13-19/h3-10,13,15-16,22H,11-12,14H2,1-2H3,(H,26,29). The number of anilines is 1. The minimum atomic E-state index is -0.414. The molecule has 1 N–H and O–H groups in total. The van der Waals surface area contributed by atoms with Crippen molar-refractivity contribution in [3.63, 3.8) is 0 Å². The van der Waals surface area contributed by atoms with Gasteiger partial charge in [0.2, 0.25) is 5.91 Å². The molecular formula is C23H25ClN4O. The predicted molar refractivity (Wildman–Crippen MR) is 116 cm³/mol. The molecule has 1 atom stereocenters. The van der Waals surface area contributed by atoms with Gasteiger partial charge in [0.05, 0.1) is 17.7 Å². The second-order valence-electron chi connectivity index (χ2n) is 7.69. The maximum Gasteiger partial charge on any atom is 0.247 e. The maximum absolute atomic E-state index is 13.5. The molecule has 1 aliphatic heterocycles. The van der Waals surface area contributed by atoms with E-state index in [-0.39, 0.29) is 11.9 Å². The van der Waals surface area contributed by atoms with Crippen molar-refractivity contribution in [1.29, 1.82) is 0 Å². The lowest BCUT2D eigenvalue weighted by Crippen LogP contribution is -2.42. The van der Waals surface area contributed by atoms with E-state index in [1.165, 1.54) is 5.56 Å². The number of nitrogens with one attached hydrogen (secondary N) is 1. The van der Waals surface area contributed by atoms with Gasteiger partial charge in [0.1, 0.15) is 6.04 Å². The Bertz CT molecular complexity index is 999. The summed E-state index contributed by atoms with van der Waals surface area (Å²) in [5, 5.41) is 3.66. The lowest BCUT2D eigenvalue weighted by molar-refractivity contribution is -0.122. The SMILES string of the molecule is CC(C)n1cnc2c1C(C(=O)Nc1cccc(Cl)c1)N(Cc1ccccc1)CC2. The molecule has 1 aliphatic rings. The van der Waals surface area contributed by atoms with Crippen molar-refractivity contribution in [1.82, 2.24) is 14.5 Å². The first-order valence-corrected chi connectivity index (χ1v) is 10.3. The molecule has 0 bridgehead atoms. The van der Waals surface area contributed by atoms with E-state index >= 15 is 0 Å². The van der Waals surface area contributed by atoms with Crippen molar-refractivity contribution in [3.05, 3.63) is 82.9 Å². The third-order valence-corrected chi connectivity index (χ3v) is 5.53. The first-order chi connectivity index (χ1) is 14.0. The largest absolute Gasteiger partial charge is 0.330 e. The van der Waals surface area contributed by atoms with Gasteiger partial charge in [-0.05, 0) is 37.6 Å². The summed E-state index contributed by atoms with van der Waals surface area (Å²) in [6, 6.07) is 17.3. The van der Waals surface area contributed by atoms with Gasteiger partial charge in [-0.25, -0.2) is 4.98 Å². The Hall–Kier alpha value is -2.63. The van der Waals surface area contributed by atoms with Crippen LogP contribution in [0.4, 0.5) is 5.69 Å². The highest BCUT2D eigenvalue weighted by Gasteiger charge is 2.37. The van der Waals surface area contributed by atoms with Crippen LogP contribution in [0.5, 0.6) is 0 Å². The molecule has 2 heterocycles. The third kappa shape index (κ3) is 4.21. The minimum Gasteiger partial charge on any atom is -0.330 e. The number of benzene rings is 2. The number of aromatic nitrogens is 2. The molecule has 2 aromatic carbocycles. The average molecular weight is 409 g/mol. The second-order valence-corrected chi connectivity index (χ2v) is 8.12. The number of carbonyl (C=O) groups is 1. The molecule has 0 aliphatic carbocycles. The molecule has 5 nitrogen and oxygen atoms in total. The second kappa shape index (κ2) is 8.39. The number of rotatable bonds is 5. The summed E-state index contributed by atoms with van der Waals surface area (Å²) < 4.78 is 2.12. The Morgan fingerprint density at radius 2 is 2.00 bits per heavy atom. The Balaban J connectivity index is 1.69. The Labute approximate surface area is 176 Å². The molecule has 0 radical (unpaired) electrons. The lowest BCUT2D eigenvalue weighted by Gasteiger charge is -2.36. The van der Waals surface area contributed by atoms with Gasteiger partial charge in [-0.3, -0.25) is 9.69 Å². The zero-order valence-electron chi connectivity index (χ0n) is 16.7. The molecule has 6 heteroatoms. The molecule has 1 aromatic heterocycles. The molecule has 150 valence electrons. The number of halogens is 1. The van der Waals surface area contributed by atoms with E-state index in [2.05, 4.69) is 45.7 Å². The smallest absolute Gasteiger partial charge is 0.247 e. The summed E-state index contributed by atoms with van der Waals surface area (Å²) >= 11 is 6.10. The monoisotopic (exact) mass is 408 g/mol. The molecule has 1 unspecified atom stereocenters. The van der Waals surface area contributed by atoms with Crippen LogP contribution in [0.15, 0.2) is 60.9 Å². The van der Waals surface area contributed by atoms with Gasteiger partial charge in [0.25, 0.3) is 0 Å². The van der Waals surface area contributed by atoms with Gasteiger partial charge in [-0.1, -0.05) is 48.0 Å². The van der Waals surface area contributed by atoms with Crippen LogP contribution in [0.2, 0.25) is 5.02 Å². The average Bonchev–Trinajstić information content (AvgIpc) is 3.13. The molecule has 0 spiro atoms. The van der Waals surface area contributed by atoms with Crippen LogP contribution in [-0.4, -0.2) is 26.9 Å². The Kier molecular flexibility index (Phi) is 5.69. The number of nitrogens with zero attached hydrogens (tertiary/aromatic N) is 3. The molecular weight excluding hydrogens is 384 g/mol. The van der Waals surface area contributed by atoms with Crippen LogP contribution >= 0.6 is 11.6 Å². The minimum absolute atomic E-state index is 0.0634. The van der Waals surface area contributed by atoms with Gasteiger partial charge in [0.15, 0.2) is 0 Å². The highest BCUT2D eigenvalue weighted by molar-refractivity contribution is 6.30. The third-order valence-electron chi connectivity index (χ3n) is 5.30. The molecule has 29 heavy (non-hydrogen) atoms. The molecule has 1 amide bonds. The van der Waals surface area contributed by atoms with Crippen LogP contribution < -0.4 is 5.32 Å². The van der Waals surface area contributed by atoms with Crippen LogP contribution in [0.25, 0.3) is 0 Å². The summed E-state index contributed by atoms with van der Waals surface area (Å²) in [5.41, 5.74) is 3.88. The van der Waals surface area contributed by atoms with Crippen LogP contribution in [-0.2, 0) is 17.8 Å². The van der Waals surface area contributed by atoms with Gasteiger partial charge < -0.3 is 9.88 Å². The summed E-state index contributed by atoms with van der Waals surface area (Å²) in [7, 11) is 0. The van der Waals surface area contributed by atoms with E-state index in [9.17, 15) is 4.79 Å². The quantitative estimate of drug-likeness (QED) is 0.656. The number of hydrogen-bond donors (Lipinski definition) is 1. The lowest BCUT2D eigenvalue weighted by atomic mass is 9.99. The summed E-state index contributed by atoms with van der Waals surface area (Å²) in [6.45, 7) is 5.72. The van der Waals surface area contributed by atoms with E-state index in [0.29, 0.717) is 17.3 Å². The summed E-state index contributed by atoms with van der Waals surface area (Å²) in [4.78, 5) is 20.3. The fraction of sp³-hybridized carbons (Fsp3) is 0.304. The van der Waals surface area contributed by atoms with Crippen molar-refractivity contribution < 1.29 is 4.79 Å². The van der Waals surface area contributed by atoms with Crippen molar-refractivity contribution in [3.8, 4) is 0 Å². The number of carbonyl (C=O) groups excluding carboxylic acids is 1. The van der Waals surface area contributed by atoms with E-state index in [1.54, 1.807) is 12.1 Å². The van der Waals surface area contributed by atoms with E-state index < -0.39 is 6.04 Å². The van der Waals surface area contributed by atoms with Crippen molar-refractivity contribution in [2.24, 2.45) is 0 Å². The van der Waals surface area contributed by atoms with E-state index in [1.807, 2.05) is 36.7 Å². The predicted octanol–water partition coefficient (Wildman–Crippen LogP) is 4.86. The number of hydrogen-bond acceptors (Lipinski definition) is 3. The maximum atomic E-state index is 13.5. The van der Waals surface area contributed by atoms with Crippen molar-refractivity contribution >= 4 is 23.2 Å². The van der Waals surface area contributed by atoms with Crippen molar-refractivity contribution in [2.75, 3.05) is 11.9 Å². The molecule has 4 rings (SSSR count). The normalized spacial score (nSPS) is 16.6. The first-order valence-electron chi connectivity index (χ1n) is 9.93. The summed E-state index contributed by atoms with van der Waals surface area (Å²) in [6.07, 6.45) is 2.70. The molecule has 3 aromatic rings. The molecule has 0 fully saturated rings. The zero-order chi connectivity index (χ0) is 20.4. The Morgan fingerprint density at radius 3 is 2.72 bits per heavy atom. The highest BCUT2D eigenvalue weighted by Crippen LogP contribution is 2.33. The van der Waals surface area contributed by atoms with Gasteiger partial charge in [0, 0.05) is 36.3 Å². The van der Waals surface area contributed by atoms with Crippen molar-refractivity contribution in [2.45, 2.75) is 38.9 Å². The van der Waals surface area contributed by atoms with E-state index in [4.69, 9.17) is 11.6 Å². The first kappa shape index (κ1) is 19.7. The molecule has 0 saturated carbocycles. The fourth-order valence-electron chi connectivity index (χ4n) is 3.92. The van der Waals surface area contributed by atoms with Gasteiger partial charge in [-0.15, -0.1) is 0 Å². The van der Waals surface area contributed by atoms with Crippen LogP contribution in [0.3, 0.4) is 0 Å². The summed E-state index contributed by atoms with van der Waals surface area (Å²) in [5.74, 6) is -0.0634. The topological polar surface area (TPSA) is 50.2 Å². The van der Waals surface area contributed by atoms with Gasteiger partial charge >= 0.3 is 0 Å². The Morgan fingerprint density at radius 1 is 1.21 bits per heavy atom. The highest BCUT2D eigenvalue weighted by atomic mass is 35.5. The fourth-order valence-corrected chi connectivity index (χ4v) is 4.11. The van der Waals surface area contributed by atoms with Gasteiger partial charge in [-0.2, -0.15) is 0 Å². The van der Waals surface area contributed by atoms with Crippen LogP contribution in [0.1, 0.15) is 42.9 Å². The van der Waals surface area contributed by atoms with E-state index in [0.717, 1.165) is 24.4 Å². The zero-order valence-corrected chi connectivity index (χ0v) is 17.4. The number of fused-ring (bicyclic) bond motifs is 1. The number of amides is 1.